The number of sulfonamides is 1. The number of nitrogens with zero attached hydrogens (tertiary/aromatic N) is 1. The standard InChI is InChI=1S/C10H11F2NO4S/c1-13(18(16,17)6-10(14)15)5-7-2-3-8(11)4-9(7)12/h2-4H,5-6H2,1H3,(H,14,15). The first-order valence-electron chi connectivity index (χ1n) is 4.82. The number of carboxylic acids is 1. The van der Waals surface area contributed by atoms with Gasteiger partial charge in [0.15, 0.2) is 5.75 Å². The van der Waals surface area contributed by atoms with E-state index in [1.165, 1.54) is 0 Å². The molecule has 5 nitrogen and oxygen atoms in total. The van der Waals surface area contributed by atoms with Crippen LogP contribution in [0.15, 0.2) is 18.2 Å². The van der Waals surface area contributed by atoms with Gasteiger partial charge in [-0.05, 0) is 6.07 Å². The Labute approximate surface area is 103 Å². The number of carboxylic acid groups (broad SMARTS) is 1. The number of hydrogen-bond donors (Lipinski definition) is 1. The van der Waals surface area contributed by atoms with Gasteiger partial charge < -0.3 is 5.11 Å². The minimum atomic E-state index is -4.01. The van der Waals surface area contributed by atoms with E-state index in [9.17, 15) is 22.0 Å². The van der Waals surface area contributed by atoms with Gasteiger partial charge in [0.05, 0.1) is 0 Å². The molecular formula is C10H11F2NO4S. The van der Waals surface area contributed by atoms with Crippen molar-refractivity contribution >= 4 is 16.0 Å². The van der Waals surface area contributed by atoms with Gasteiger partial charge in [-0.1, -0.05) is 6.07 Å². The van der Waals surface area contributed by atoms with Crippen LogP contribution < -0.4 is 0 Å². The molecule has 18 heavy (non-hydrogen) atoms. The summed E-state index contributed by atoms with van der Waals surface area (Å²) >= 11 is 0. The Kier molecular flexibility index (Phi) is 4.36. The highest BCUT2D eigenvalue weighted by Gasteiger charge is 2.22. The van der Waals surface area contributed by atoms with Gasteiger partial charge in [0.2, 0.25) is 10.0 Å². The molecule has 1 aromatic rings. The Morgan fingerprint density at radius 1 is 1.39 bits per heavy atom. The number of halogens is 2. The van der Waals surface area contributed by atoms with Crippen LogP contribution in [0.3, 0.4) is 0 Å². The summed E-state index contributed by atoms with van der Waals surface area (Å²) in [5.74, 6) is -4.23. The Balaban J connectivity index is 2.87. The van der Waals surface area contributed by atoms with Crippen LogP contribution in [-0.2, 0) is 21.4 Å². The van der Waals surface area contributed by atoms with Crippen LogP contribution in [0.5, 0.6) is 0 Å². The van der Waals surface area contributed by atoms with Crippen molar-refractivity contribution in [3.8, 4) is 0 Å². The summed E-state index contributed by atoms with van der Waals surface area (Å²) in [4.78, 5) is 10.4. The van der Waals surface area contributed by atoms with Gasteiger partial charge >= 0.3 is 5.97 Å². The molecule has 0 saturated heterocycles. The van der Waals surface area contributed by atoms with Gasteiger partial charge in [-0.25, -0.2) is 17.2 Å². The fourth-order valence-corrected chi connectivity index (χ4v) is 2.12. The van der Waals surface area contributed by atoms with Crippen molar-refractivity contribution in [3.05, 3.63) is 35.4 Å². The molecule has 0 aliphatic rings. The van der Waals surface area contributed by atoms with Gasteiger partial charge in [-0.15, -0.1) is 0 Å². The quantitative estimate of drug-likeness (QED) is 0.865. The second-order valence-electron chi connectivity index (χ2n) is 3.64. The molecule has 0 aliphatic heterocycles. The predicted octanol–water partition coefficient (Wildman–Crippen LogP) is 0.811. The minimum Gasteiger partial charge on any atom is -0.480 e. The van der Waals surface area contributed by atoms with Crippen LogP contribution in [0.25, 0.3) is 0 Å². The van der Waals surface area contributed by atoms with Gasteiger partial charge in [0.1, 0.15) is 11.6 Å². The monoisotopic (exact) mass is 279 g/mol. The normalized spacial score (nSPS) is 11.8. The highest BCUT2D eigenvalue weighted by atomic mass is 32.2. The van der Waals surface area contributed by atoms with Crippen LogP contribution in [0.4, 0.5) is 8.78 Å². The zero-order valence-corrected chi connectivity index (χ0v) is 10.2. The first-order chi connectivity index (χ1) is 8.22. The van der Waals surface area contributed by atoms with Crippen molar-refractivity contribution in [2.24, 2.45) is 0 Å². The molecule has 0 atom stereocenters. The second kappa shape index (κ2) is 5.40. The highest BCUT2D eigenvalue weighted by molar-refractivity contribution is 7.89. The molecule has 0 saturated carbocycles. The Hall–Kier alpha value is -1.54. The molecule has 8 heteroatoms. The molecule has 100 valence electrons. The maximum atomic E-state index is 13.3. The van der Waals surface area contributed by atoms with E-state index < -0.39 is 33.4 Å². The minimum absolute atomic E-state index is 0.0344. The lowest BCUT2D eigenvalue weighted by Crippen LogP contribution is -2.32. The summed E-state index contributed by atoms with van der Waals surface area (Å²) in [5, 5.41) is 8.43. The summed E-state index contributed by atoms with van der Waals surface area (Å²) in [6.45, 7) is -0.359. The molecular weight excluding hydrogens is 268 g/mol. The molecule has 0 aliphatic carbocycles. The molecule has 0 radical (unpaired) electrons. The smallest absolute Gasteiger partial charge is 0.320 e. The molecule has 0 bridgehead atoms. The van der Waals surface area contributed by atoms with E-state index in [2.05, 4.69) is 0 Å². The average molecular weight is 279 g/mol. The molecule has 0 amide bonds. The average Bonchev–Trinajstić information content (AvgIpc) is 2.20. The summed E-state index contributed by atoms with van der Waals surface area (Å²) in [6, 6.07) is 2.74. The zero-order valence-electron chi connectivity index (χ0n) is 9.43. The number of rotatable bonds is 5. The number of hydrogen-bond acceptors (Lipinski definition) is 3. The van der Waals surface area contributed by atoms with E-state index in [-0.39, 0.29) is 12.1 Å². The van der Waals surface area contributed by atoms with Crippen molar-refractivity contribution in [1.82, 2.24) is 4.31 Å². The van der Waals surface area contributed by atoms with Gasteiger partial charge in [0.25, 0.3) is 0 Å². The highest BCUT2D eigenvalue weighted by Crippen LogP contribution is 2.13. The molecule has 0 aromatic heterocycles. The first-order valence-corrected chi connectivity index (χ1v) is 6.43. The lowest BCUT2D eigenvalue weighted by molar-refractivity contribution is -0.134. The number of aliphatic carboxylic acids is 1. The SMILES string of the molecule is CN(Cc1ccc(F)cc1F)S(=O)(=O)CC(=O)O. The number of carbonyl (C=O) groups is 1. The van der Waals surface area contributed by atoms with Crippen LogP contribution in [-0.4, -0.2) is 36.6 Å². The third-order valence-electron chi connectivity index (χ3n) is 2.19. The van der Waals surface area contributed by atoms with E-state index in [0.717, 1.165) is 19.2 Å². The van der Waals surface area contributed by atoms with Gasteiger partial charge in [0, 0.05) is 25.2 Å². The Morgan fingerprint density at radius 2 is 2.00 bits per heavy atom. The molecule has 0 spiro atoms. The van der Waals surface area contributed by atoms with E-state index in [4.69, 9.17) is 5.11 Å². The van der Waals surface area contributed by atoms with Crippen molar-refractivity contribution in [1.29, 1.82) is 0 Å². The van der Waals surface area contributed by atoms with Crippen molar-refractivity contribution < 1.29 is 27.1 Å². The molecule has 1 aromatic carbocycles. The lowest BCUT2D eigenvalue weighted by atomic mass is 10.2. The van der Waals surface area contributed by atoms with Crippen molar-refractivity contribution in [2.45, 2.75) is 6.54 Å². The molecule has 0 heterocycles. The van der Waals surface area contributed by atoms with Crippen LogP contribution >= 0.6 is 0 Å². The topological polar surface area (TPSA) is 74.7 Å². The Bertz CT molecular complexity index is 559. The second-order valence-corrected chi connectivity index (χ2v) is 5.72. The fourth-order valence-electron chi connectivity index (χ4n) is 1.25. The van der Waals surface area contributed by atoms with Gasteiger partial charge in [-0.2, -0.15) is 4.31 Å². The van der Waals surface area contributed by atoms with E-state index in [1.807, 2.05) is 0 Å². The van der Waals surface area contributed by atoms with E-state index >= 15 is 0 Å². The summed E-state index contributed by atoms with van der Waals surface area (Å²) in [6.07, 6.45) is 0. The zero-order chi connectivity index (χ0) is 13.9. The van der Waals surface area contributed by atoms with Crippen molar-refractivity contribution in [2.75, 3.05) is 12.8 Å². The summed E-state index contributed by atoms with van der Waals surface area (Å²) < 4.78 is 49.6. The Morgan fingerprint density at radius 3 is 2.50 bits per heavy atom. The molecule has 1 N–H and O–H groups in total. The summed E-state index contributed by atoms with van der Waals surface area (Å²) in [5.41, 5.74) is -0.0344. The van der Waals surface area contributed by atoms with Crippen LogP contribution in [0.1, 0.15) is 5.56 Å². The maximum Gasteiger partial charge on any atom is 0.320 e. The third-order valence-corrected chi connectivity index (χ3v) is 3.88. The predicted molar refractivity (Wildman–Crippen MR) is 59.2 cm³/mol. The van der Waals surface area contributed by atoms with E-state index in [1.54, 1.807) is 0 Å². The fraction of sp³-hybridized carbons (Fsp3) is 0.300. The molecule has 0 unspecified atom stereocenters. The van der Waals surface area contributed by atoms with Crippen molar-refractivity contribution in [3.63, 3.8) is 0 Å². The van der Waals surface area contributed by atoms with Crippen LogP contribution in [0, 0.1) is 11.6 Å². The molecule has 1 rings (SSSR count). The number of benzene rings is 1. The van der Waals surface area contributed by atoms with E-state index in [0.29, 0.717) is 10.4 Å². The summed E-state index contributed by atoms with van der Waals surface area (Å²) in [7, 11) is -2.89. The maximum absolute atomic E-state index is 13.3. The molecule has 0 fully saturated rings. The first kappa shape index (κ1) is 14.5. The lowest BCUT2D eigenvalue weighted by Gasteiger charge is -2.16. The van der Waals surface area contributed by atoms with Gasteiger partial charge in [-0.3, -0.25) is 4.79 Å². The van der Waals surface area contributed by atoms with Crippen LogP contribution in [0.2, 0.25) is 0 Å². The largest absolute Gasteiger partial charge is 0.480 e. The third kappa shape index (κ3) is 3.74.